The zero-order valence-electron chi connectivity index (χ0n) is 72.7. The van der Waals surface area contributed by atoms with E-state index >= 15 is 0 Å². The molecule has 7 heterocycles. The predicted octanol–water partition coefficient (Wildman–Crippen LogP) is -3.82. The standard InChI is InChI=1S/C84H151N3O38/c1-5-7-9-11-13-15-17-19-20-21-22-24-26-28-30-32-34-36-56(97)87-47(48(96)35-33-31-29-27-25-23-18-16-14-12-10-8-6-2)43-112-80-70(109)66(105)74(53(41-92)118-80)122-83-71(110)67(106)75(54(42-93)119-83)123-84-72(111)77(61(100)51(39-90)116-84)125-79-58(86-46(4)95)76(124-82-69(108)65(104)60(99)50(38-89)115-82)62(101)55(120-79)44-113-78-57(85-45(3)94)63(102)73(52(40-91)117-78)121-81-68(107)64(103)59(98)49(37-88)114-81/h33,35,47-55,57-84,88-93,96,98-111H,5-32,34,36-44H2,1-4H3,(H,85,94)(H,86,95)(H,87,97)/b35-33+/t47-,48+,49?,50?,51?,52?,53?,54?,55?,57?,58?,59-,60-,61-,62-,63+,64-,65-,66+,67+,68?,69?,70?,71?,72?,73+,74+,75-,76+,77-,78+,79-,80+,81-,82-,83-,84-/m0/s1. The Morgan fingerprint density at radius 3 is 1.08 bits per heavy atom. The van der Waals surface area contributed by atoms with Gasteiger partial charge in [-0.15, -0.1) is 0 Å². The van der Waals surface area contributed by atoms with E-state index in [0.717, 1.165) is 65.2 Å². The lowest BCUT2D eigenvalue weighted by atomic mass is 9.94. The zero-order valence-corrected chi connectivity index (χ0v) is 72.7. The third-order valence-corrected chi connectivity index (χ3v) is 24.3. The molecule has 41 nitrogen and oxygen atoms in total. The fourth-order valence-corrected chi connectivity index (χ4v) is 16.8. The van der Waals surface area contributed by atoms with Crippen LogP contribution in [0.1, 0.15) is 220 Å². The zero-order chi connectivity index (χ0) is 91.4. The Morgan fingerprint density at radius 2 is 0.648 bits per heavy atom. The van der Waals surface area contributed by atoms with E-state index in [0.29, 0.717) is 12.8 Å². The van der Waals surface area contributed by atoms with Crippen molar-refractivity contribution in [1.29, 1.82) is 0 Å². The molecule has 7 fully saturated rings. The van der Waals surface area contributed by atoms with Gasteiger partial charge >= 0.3 is 0 Å². The van der Waals surface area contributed by atoms with Crippen LogP contribution in [0.5, 0.6) is 0 Å². The van der Waals surface area contributed by atoms with Crippen LogP contribution in [-0.2, 0) is 80.7 Å². The fourth-order valence-electron chi connectivity index (χ4n) is 16.8. The van der Waals surface area contributed by atoms with Gasteiger partial charge in [-0.1, -0.05) is 193 Å². The number of rotatable bonds is 57. The van der Waals surface area contributed by atoms with E-state index in [9.17, 15) is 122 Å². The molecule has 0 aliphatic carbocycles. The summed E-state index contributed by atoms with van der Waals surface area (Å²) in [5.41, 5.74) is 0. The van der Waals surface area contributed by atoms with E-state index < -0.39 is 292 Å². The second kappa shape index (κ2) is 57.4. The number of allylic oxidation sites excluding steroid dienone is 1. The molecule has 125 heavy (non-hydrogen) atoms. The van der Waals surface area contributed by atoms with Crippen LogP contribution < -0.4 is 16.0 Å². The number of hydrogen-bond donors (Lipinski definition) is 24. The van der Waals surface area contributed by atoms with Gasteiger partial charge < -0.3 is 190 Å². The predicted molar refractivity (Wildman–Crippen MR) is 436 cm³/mol. The van der Waals surface area contributed by atoms with Gasteiger partial charge in [0.1, 0.15) is 171 Å². The molecule has 0 aromatic rings. The van der Waals surface area contributed by atoms with E-state index in [1.165, 1.54) is 122 Å². The van der Waals surface area contributed by atoms with Crippen LogP contribution in [-0.4, -0.2) is 405 Å². The molecule has 0 saturated carbocycles. The Bertz CT molecular complexity index is 2960. The molecular formula is C84H151N3O38. The largest absolute Gasteiger partial charge is 0.394 e. The van der Waals surface area contributed by atoms with Gasteiger partial charge in [-0.25, -0.2) is 0 Å². The first-order valence-electron chi connectivity index (χ1n) is 45.5. The normalized spacial score (nSPS) is 38.3. The average molecular weight is 1810 g/mol. The van der Waals surface area contributed by atoms with E-state index in [1.807, 2.05) is 6.08 Å². The Labute approximate surface area is 731 Å². The number of carbonyl (C=O) groups excluding carboxylic acids is 3. The van der Waals surface area contributed by atoms with Crippen molar-refractivity contribution in [3.05, 3.63) is 12.2 Å². The van der Waals surface area contributed by atoms with Gasteiger partial charge in [0.05, 0.1) is 65.0 Å². The maximum Gasteiger partial charge on any atom is 0.220 e. The Kier molecular flexibility index (Phi) is 49.9. The summed E-state index contributed by atoms with van der Waals surface area (Å²) in [6.45, 7) is -1.11. The molecule has 14 unspecified atom stereocenters. The second-order valence-electron chi connectivity index (χ2n) is 34.2. The number of carbonyl (C=O) groups is 3. The highest BCUT2D eigenvalue weighted by molar-refractivity contribution is 5.76. The van der Waals surface area contributed by atoms with Gasteiger partial charge in [-0.3, -0.25) is 14.4 Å². The maximum absolute atomic E-state index is 13.6. The van der Waals surface area contributed by atoms with Crippen molar-refractivity contribution in [2.24, 2.45) is 0 Å². The molecule has 0 spiro atoms. The Morgan fingerprint density at radius 1 is 0.320 bits per heavy atom. The van der Waals surface area contributed by atoms with Gasteiger partial charge in [0.2, 0.25) is 17.7 Å². The van der Waals surface area contributed by atoms with Crippen LogP contribution in [0.25, 0.3) is 0 Å². The number of ether oxygens (including phenoxy) is 14. The van der Waals surface area contributed by atoms with Crippen molar-refractivity contribution in [3.8, 4) is 0 Å². The summed E-state index contributed by atoms with van der Waals surface area (Å²) < 4.78 is 83.1. The topological polar surface area (TPSA) is 641 Å². The van der Waals surface area contributed by atoms with E-state index in [2.05, 4.69) is 29.8 Å². The highest BCUT2D eigenvalue weighted by Gasteiger charge is 2.59. The first-order valence-corrected chi connectivity index (χ1v) is 45.5. The van der Waals surface area contributed by atoms with Gasteiger partial charge in [0.15, 0.2) is 44.0 Å². The van der Waals surface area contributed by atoms with Crippen molar-refractivity contribution in [1.82, 2.24) is 16.0 Å². The smallest absolute Gasteiger partial charge is 0.220 e. The molecule has 0 bridgehead atoms. The number of amides is 3. The number of hydrogen-bond acceptors (Lipinski definition) is 38. The minimum atomic E-state index is -2.37. The monoisotopic (exact) mass is 1810 g/mol. The fraction of sp³-hybridized carbons (Fsp3) is 0.940. The number of nitrogens with one attached hydrogen (secondary N) is 3. The molecule has 0 aromatic heterocycles. The number of unbranched alkanes of at least 4 members (excludes halogenated alkanes) is 27. The number of aliphatic hydroxyl groups excluding tert-OH is 21. The van der Waals surface area contributed by atoms with E-state index in [4.69, 9.17) is 66.3 Å². The summed E-state index contributed by atoms with van der Waals surface area (Å²) >= 11 is 0. The van der Waals surface area contributed by atoms with Gasteiger partial charge in [-0.05, 0) is 19.3 Å². The first-order chi connectivity index (χ1) is 60.0. The molecule has 7 rings (SSSR count). The van der Waals surface area contributed by atoms with Crippen LogP contribution in [0, 0.1) is 0 Å². The molecule has 0 aromatic carbocycles. The third-order valence-electron chi connectivity index (χ3n) is 24.3. The Hall–Kier alpha value is -3.25. The molecule has 37 atom stereocenters. The molecule has 730 valence electrons. The van der Waals surface area contributed by atoms with Crippen LogP contribution in [0.3, 0.4) is 0 Å². The minimum Gasteiger partial charge on any atom is -0.394 e. The maximum atomic E-state index is 13.6. The summed E-state index contributed by atoms with van der Waals surface area (Å²) in [6, 6.07) is -4.76. The lowest BCUT2D eigenvalue weighted by Crippen LogP contribution is -2.70. The SMILES string of the molecule is CCCCCCCCCCCCC/C=C/[C@@H](O)[C@H](CO[C@@H]1OC(CO)[C@@H](O[C@@H]2OC(CO)[C@H](O[C@@H]3OC(CO)[C@H](O)[C@H](O[C@@H]4OC(CO[C@@H]5OC(CO)[C@@H](O[C@@H]6OC(CO)[C@H](O)[C@H](O)C6O)[C@H](O)C5NC(C)=O)[C@H](O)[C@H](O[C@@H]5OC(CO)[C@H](O)[C@H](O)C5O)C4NC(C)=O)C3O)[C@H](O)C2O)[C@H](O)C1O)NC(=O)CCCCCCCCCCCCCCCCCCC. The molecular weight excluding hydrogens is 1660 g/mol. The highest BCUT2D eigenvalue weighted by atomic mass is 16.8. The van der Waals surface area contributed by atoms with Crippen molar-refractivity contribution in [3.63, 3.8) is 0 Å². The van der Waals surface area contributed by atoms with Crippen LogP contribution >= 0.6 is 0 Å². The third kappa shape index (κ3) is 32.5. The second-order valence-corrected chi connectivity index (χ2v) is 34.2. The van der Waals surface area contributed by atoms with E-state index in [-0.39, 0.29) is 12.3 Å². The van der Waals surface area contributed by atoms with E-state index in [1.54, 1.807) is 6.08 Å². The summed E-state index contributed by atoms with van der Waals surface area (Å²) in [5.74, 6) is -2.14. The summed E-state index contributed by atoms with van der Waals surface area (Å²) in [5, 5.41) is 242. The summed E-state index contributed by atoms with van der Waals surface area (Å²) in [6.07, 6.45) is -29.8. The van der Waals surface area contributed by atoms with Gasteiger partial charge in [0, 0.05) is 20.3 Å². The van der Waals surface area contributed by atoms with Crippen molar-refractivity contribution >= 4 is 17.7 Å². The van der Waals surface area contributed by atoms with Crippen LogP contribution in [0.4, 0.5) is 0 Å². The molecule has 7 saturated heterocycles. The molecule has 7 aliphatic heterocycles. The van der Waals surface area contributed by atoms with Crippen LogP contribution in [0.2, 0.25) is 0 Å². The molecule has 3 amide bonds. The number of aliphatic hydroxyl groups is 21. The molecule has 7 aliphatic rings. The summed E-state index contributed by atoms with van der Waals surface area (Å²) in [7, 11) is 0. The van der Waals surface area contributed by atoms with Gasteiger partial charge in [-0.2, -0.15) is 0 Å². The average Bonchev–Trinajstić information content (AvgIpc) is 0.770. The van der Waals surface area contributed by atoms with Crippen molar-refractivity contribution in [2.45, 2.75) is 447 Å². The van der Waals surface area contributed by atoms with Crippen molar-refractivity contribution in [2.75, 3.05) is 52.9 Å². The minimum absolute atomic E-state index is 0.164. The Balaban J connectivity index is 1.01. The quantitative estimate of drug-likeness (QED) is 0.0205. The van der Waals surface area contributed by atoms with Crippen molar-refractivity contribution < 1.29 is 188 Å². The van der Waals surface area contributed by atoms with Gasteiger partial charge in [0.25, 0.3) is 0 Å². The molecule has 41 heteroatoms. The highest BCUT2D eigenvalue weighted by Crippen LogP contribution is 2.39. The first kappa shape index (κ1) is 109. The molecule has 24 N–H and O–H groups in total. The molecule has 0 radical (unpaired) electrons. The summed E-state index contributed by atoms with van der Waals surface area (Å²) in [4.78, 5) is 39.6. The van der Waals surface area contributed by atoms with Crippen LogP contribution in [0.15, 0.2) is 12.2 Å². The lowest BCUT2D eigenvalue weighted by Gasteiger charge is -2.51. The lowest BCUT2D eigenvalue weighted by molar-refractivity contribution is -0.390.